The molecule has 0 aromatic heterocycles. The molecule has 0 aromatic rings. The molecule has 0 heterocycles. The number of unbranched alkanes of at least 4 members (excludes halogenated alkanes) is 12. The molecule has 1 unspecified atom stereocenters. The molecule has 0 aliphatic heterocycles. The second kappa shape index (κ2) is 34.1. The number of phosphoric ester groups is 1. The van der Waals surface area contributed by atoms with E-state index in [4.69, 9.17) is 19.1 Å². The number of carbonyl (C=O) groups excluding carboxylic acids is 2. The Kier molecular flexibility index (Phi) is 32.5. The topological polar surface area (TPSA) is 149 Å². The molecule has 10 nitrogen and oxygen atoms in total. The van der Waals surface area contributed by atoms with Crippen LogP contribution in [0.1, 0.15) is 129 Å². The second-order valence-electron chi connectivity index (χ2n) is 12.0. The summed E-state index contributed by atoms with van der Waals surface area (Å²) < 4.78 is 32.5. The van der Waals surface area contributed by atoms with Crippen molar-refractivity contribution >= 4 is 19.8 Å². The fourth-order valence-corrected chi connectivity index (χ4v) is 5.18. The summed E-state index contributed by atoms with van der Waals surface area (Å²) in [5.74, 6) is -0.972. The molecular formula is C38H65O10P. The maximum absolute atomic E-state index is 12.5. The Bertz CT molecular complexity index is 1000. The molecule has 0 saturated heterocycles. The van der Waals surface area contributed by atoms with Crippen LogP contribution in [-0.2, 0) is 32.7 Å². The Morgan fingerprint density at radius 2 is 1.14 bits per heavy atom. The first kappa shape index (κ1) is 46.7. The molecule has 0 rings (SSSR count). The lowest BCUT2D eigenvalue weighted by atomic mass is 10.1. The van der Waals surface area contributed by atoms with E-state index in [2.05, 4.69) is 42.7 Å². The summed E-state index contributed by atoms with van der Waals surface area (Å²) in [6.07, 6.45) is 34.8. The van der Waals surface area contributed by atoms with Gasteiger partial charge in [-0.1, -0.05) is 126 Å². The van der Waals surface area contributed by atoms with Crippen molar-refractivity contribution in [2.75, 3.05) is 26.4 Å². The second-order valence-corrected chi connectivity index (χ2v) is 13.4. The van der Waals surface area contributed by atoms with Gasteiger partial charge < -0.3 is 24.6 Å². The lowest BCUT2D eigenvalue weighted by molar-refractivity contribution is -0.161. The molecule has 0 spiro atoms. The predicted octanol–water partition coefficient (Wildman–Crippen LogP) is 8.77. The summed E-state index contributed by atoms with van der Waals surface area (Å²) in [4.78, 5) is 34.7. The fourth-order valence-electron chi connectivity index (χ4n) is 4.39. The molecule has 0 radical (unpaired) electrons. The van der Waals surface area contributed by atoms with E-state index in [1.54, 1.807) is 0 Å². The Morgan fingerprint density at radius 1 is 0.633 bits per heavy atom. The van der Waals surface area contributed by atoms with Crippen LogP contribution in [0, 0.1) is 0 Å². The summed E-state index contributed by atoms with van der Waals surface area (Å²) in [7, 11) is -4.62. The van der Waals surface area contributed by atoms with Crippen LogP contribution in [0.2, 0.25) is 0 Å². The number of aliphatic hydroxyl groups is 2. The largest absolute Gasteiger partial charge is 0.472 e. The third kappa shape index (κ3) is 33.9. The molecule has 3 N–H and O–H groups in total. The third-order valence-electron chi connectivity index (χ3n) is 7.25. The molecule has 0 aromatic carbocycles. The van der Waals surface area contributed by atoms with Crippen LogP contribution in [-0.4, -0.2) is 65.7 Å². The number of allylic oxidation sites excluding steroid dienone is 10. The standard InChI is InChI=1S/C38H65O10P/c1-3-5-7-9-11-13-15-16-17-18-20-21-23-25-27-29-37(41)45-33-36(34-47-49(43,44)46-32-35(40)31-39)48-38(42)30-28-26-24-22-19-14-12-10-8-6-4-2/h5,7,9-13,15-17,35-36,39-40H,3-4,6,8,14,18-34H2,1-2H3,(H,43,44)/b7-5+,11-9+,12-10+,15-13+,17-16+/t35-,36+/m0/s1. The van der Waals surface area contributed by atoms with Crippen molar-refractivity contribution in [2.24, 2.45) is 0 Å². The van der Waals surface area contributed by atoms with Crippen molar-refractivity contribution in [1.29, 1.82) is 0 Å². The number of esters is 2. The highest BCUT2D eigenvalue weighted by Crippen LogP contribution is 2.43. The van der Waals surface area contributed by atoms with Gasteiger partial charge in [0.15, 0.2) is 6.10 Å². The quantitative estimate of drug-likeness (QED) is 0.0198. The highest BCUT2D eigenvalue weighted by molar-refractivity contribution is 7.47. The number of phosphoric acid groups is 1. The first-order valence-electron chi connectivity index (χ1n) is 18.3. The zero-order valence-electron chi connectivity index (χ0n) is 30.1. The summed E-state index contributed by atoms with van der Waals surface area (Å²) in [5.41, 5.74) is 0. The van der Waals surface area contributed by atoms with Gasteiger partial charge in [-0.15, -0.1) is 0 Å². The van der Waals surface area contributed by atoms with E-state index in [1.807, 2.05) is 36.5 Å². The van der Waals surface area contributed by atoms with Crippen LogP contribution < -0.4 is 0 Å². The van der Waals surface area contributed by atoms with Crippen LogP contribution >= 0.6 is 7.82 Å². The lowest BCUT2D eigenvalue weighted by Crippen LogP contribution is -2.29. The SMILES string of the molecule is CC/C=C/C=C/C=C/C=C/CCCCCCCC(=O)OC[C@H](COP(=O)(O)OC[C@@H](O)CO)OC(=O)CCCCCCC/C=C/CCCC. The van der Waals surface area contributed by atoms with E-state index in [0.29, 0.717) is 12.8 Å². The maximum Gasteiger partial charge on any atom is 0.472 e. The zero-order chi connectivity index (χ0) is 36.3. The smallest absolute Gasteiger partial charge is 0.462 e. The number of aliphatic hydroxyl groups excluding tert-OH is 2. The van der Waals surface area contributed by atoms with E-state index in [1.165, 1.54) is 12.8 Å². The average molecular weight is 713 g/mol. The van der Waals surface area contributed by atoms with Gasteiger partial charge in [0, 0.05) is 12.8 Å². The Labute approximate surface area is 296 Å². The van der Waals surface area contributed by atoms with Gasteiger partial charge in [0.25, 0.3) is 0 Å². The zero-order valence-corrected chi connectivity index (χ0v) is 31.0. The lowest BCUT2D eigenvalue weighted by Gasteiger charge is -2.20. The minimum atomic E-state index is -4.62. The van der Waals surface area contributed by atoms with Crippen LogP contribution in [0.5, 0.6) is 0 Å². The van der Waals surface area contributed by atoms with E-state index >= 15 is 0 Å². The molecule has 282 valence electrons. The van der Waals surface area contributed by atoms with Crippen molar-refractivity contribution < 1.29 is 47.8 Å². The molecule has 0 saturated carbocycles. The third-order valence-corrected chi connectivity index (χ3v) is 8.20. The fraction of sp³-hybridized carbons (Fsp3) is 0.684. The Morgan fingerprint density at radius 3 is 1.76 bits per heavy atom. The van der Waals surface area contributed by atoms with E-state index < -0.39 is 51.8 Å². The van der Waals surface area contributed by atoms with Crippen LogP contribution in [0.4, 0.5) is 0 Å². The van der Waals surface area contributed by atoms with Gasteiger partial charge in [0.05, 0.1) is 19.8 Å². The molecule has 0 aliphatic carbocycles. The van der Waals surface area contributed by atoms with Crippen LogP contribution in [0.3, 0.4) is 0 Å². The van der Waals surface area contributed by atoms with E-state index in [-0.39, 0.29) is 19.4 Å². The van der Waals surface area contributed by atoms with Gasteiger partial charge >= 0.3 is 19.8 Å². The van der Waals surface area contributed by atoms with Crippen LogP contribution in [0.15, 0.2) is 60.8 Å². The highest BCUT2D eigenvalue weighted by Gasteiger charge is 2.27. The van der Waals surface area contributed by atoms with Gasteiger partial charge in [-0.3, -0.25) is 18.6 Å². The summed E-state index contributed by atoms with van der Waals surface area (Å²) in [6, 6.07) is 0. The van der Waals surface area contributed by atoms with Gasteiger partial charge in [-0.2, -0.15) is 0 Å². The van der Waals surface area contributed by atoms with Crippen molar-refractivity contribution in [3.05, 3.63) is 60.8 Å². The molecule has 3 atom stereocenters. The average Bonchev–Trinajstić information content (AvgIpc) is 3.09. The molecule has 11 heteroatoms. The Hall–Kier alpha value is -2.33. The minimum Gasteiger partial charge on any atom is -0.462 e. The van der Waals surface area contributed by atoms with Crippen molar-refractivity contribution in [3.8, 4) is 0 Å². The van der Waals surface area contributed by atoms with Gasteiger partial charge in [-0.05, 0) is 51.4 Å². The summed E-state index contributed by atoms with van der Waals surface area (Å²) >= 11 is 0. The number of rotatable bonds is 33. The summed E-state index contributed by atoms with van der Waals surface area (Å²) in [5, 5.41) is 18.2. The maximum atomic E-state index is 12.5. The molecule has 0 fully saturated rings. The van der Waals surface area contributed by atoms with Crippen molar-refractivity contribution in [1.82, 2.24) is 0 Å². The molecule has 49 heavy (non-hydrogen) atoms. The molecule has 0 bridgehead atoms. The number of hydrogen-bond acceptors (Lipinski definition) is 9. The monoisotopic (exact) mass is 712 g/mol. The number of hydrogen-bond donors (Lipinski definition) is 3. The molecule has 0 aliphatic rings. The van der Waals surface area contributed by atoms with Gasteiger partial charge in [0.1, 0.15) is 12.7 Å². The molecular weight excluding hydrogens is 647 g/mol. The normalized spacial score (nSPS) is 14.8. The van der Waals surface area contributed by atoms with E-state index in [0.717, 1.165) is 77.0 Å². The summed E-state index contributed by atoms with van der Waals surface area (Å²) in [6.45, 7) is 2.12. The van der Waals surface area contributed by atoms with Crippen molar-refractivity contribution in [2.45, 2.75) is 142 Å². The van der Waals surface area contributed by atoms with Gasteiger partial charge in [0.2, 0.25) is 0 Å². The van der Waals surface area contributed by atoms with Gasteiger partial charge in [-0.25, -0.2) is 4.57 Å². The number of ether oxygens (including phenoxy) is 2. The minimum absolute atomic E-state index is 0.165. The van der Waals surface area contributed by atoms with Crippen molar-refractivity contribution in [3.63, 3.8) is 0 Å². The molecule has 0 amide bonds. The first-order valence-corrected chi connectivity index (χ1v) is 19.8. The first-order chi connectivity index (χ1) is 23.7. The predicted molar refractivity (Wildman–Crippen MR) is 196 cm³/mol. The Balaban J connectivity index is 4.45. The van der Waals surface area contributed by atoms with E-state index in [9.17, 15) is 24.2 Å². The van der Waals surface area contributed by atoms with Crippen LogP contribution in [0.25, 0.3) is 0 Å². The number of carbonyl (C=O) groups is 2. The highest BCUT2D eigenvalue weighted by atomic mass is 31.2.